The first-order chi connectivity index (χ1) is 7.59. The summed E-state index contributed by atoms with van der Waals surface area (Å²) in [6, 6.07) is 7.77. The number of rotatable bonds is 5. The first kappa shape index (κ1) is 12.5. The fraction of sp³-hybridized carbons (Fsp3) is 0.308. The minimum Gasteiger partial charge on any atom is -0.326 e. The fourth-order valence-corrected chi connectivity index (χ4v) is 1.40. The highest BCUT2D eigenvalue weighted by atomic mass is 16.1. The van der Waals surface area contributed by atoms with Crippen LogP contribution in [0.15, 0.2) is 36.4 Å². The normalized spacial score (nSPS) is 9.88. The largest absolute Gasteiger partial charge is 0.326 e. The van der Waals surface area contributed by atoms with Crippen LogP contribution in [0.5, 0.6) is 0 Å². The average molecular weight is 218 g/mol. The van der Waals surface area contributed by atoms with Gasteiger partial charge in [0.2, 0.25) is 5.91 Å². The third kappa shape index (κ3) is 4.28. The van der Waals surface area contributed by atoms with Gasteiger partial charge in [0.05, 0.1) is 0 Å². The molecule has 0 spiro atoms. The van der Waals surface area contributed by atoms with E-state index in [0.29, 0.717) is 0 Å². The van der Waals surface area contributed by atoms with Crippen molar-refractivity contribution in [2.24, 2.45) is 0 Å². The lowest BCUT2D eigenvalue weighted by atomic mass is 10.1. The first-order valence-corrected chi connectivity index (χ1v) is 5.30. The lowest BCUT2D eigenvalue weighted by Crippen LogP contribution is -2.17. The maximum atomic E-state index is 11.0. The number of hydrogen-bond acceptors (Lipinski definition) is 2. The second-order valence-electron chi connectivity index (χ2n) is 3.90. The van der Waals surface area contributed by atoms with Crippen molar-refractivity contribution in [2.45, 2.75) is 20.4 Å². The Labute approximate surface area is 96.6 Å². The van der Waals surface area contributed by atoms with Gasteiger partial charge in [-0.15, -0.1) is 0 Å². The number of anilines is 1. The van der Waals surface area contributed by atoms with Crippen LogP contribution in [-0.4, -0.2) is 12.5 Å². The number of nitrogens with one attached hydrogen (secondary N) is 2. The third-order valence-corrected chi connectivity index (χ3v) is 2.07. The molecule has 16 heavy (non-hydrogen) atoms. The van der Waals surface area contributed by atoms with Gasteiger partial charge in [0.1, 0.15) is 0 Å². The zero-order chi connectivity index (χ0) is 12.0. The summed E-state index contributed by atoms with van der Waals surface area (Å²) in [5.41, 5.74) is 3.04. The van der Waals surface area contributed by atoms with E-state index in [4.69, 9.17) is 0 Å². The van der Waals surface area contributed by atoms with E-state index < -0.39 is 0 Å². The summed E-state index contributed by atoms with van der Waals surface area (Å²) in [4.78, 5) is 11.0. The Balaban J connectivity index is 2.63. The van der Waals surface area contributed by atoms with E-state index in [2.05, 4.69) is 17.2 Å². The monoisotopic (exact) mass is 218 g/mol. The van der Waals surface area contributed by atoms with Crippen molar-refractivity contribution in [3.63, 3.8) is 0 Å². The second-order valence-corrected chi connectivity index (χ2v) is 3.90. The van der Waals surface area contributed by atoms with Crippen molar-refractivity contribution in [2.75, 3.05) is 11.9 Å². The summed E-state index contributed by atoms with van der Waals surface area (Å²) in [6.07, 6.45) is 0. The average Bonchev–Trinajstić information content (AvgIpc) is 2.19. The Hall–Kier alpha value is -1.61. The molecule has 0 heterocycles. The summed E-state index contributed by atoms with van der Waals surface area (Å²) in [7, 11) is 0. The number of amides is 1. The Morgan fingerprint density at radius 3 is 2.62 bits per heavy atom. The van der Waals surface area contributed by atoms with Gasteiger partial charge in [-0.2, -0.15) is 0 Å². The molecular weight excluding hydrogens is 200 g/mol. The van der Waals surface area contributed by atoms with Gasteiger partial charge in [-0.1, -0.05) is 30.4 Å². The van der Waals surface area contributed by atoms with E-state index in [9.17, 15) is 4.79 Å². The molecule has 1 rings (SSSR count). The van der Waals surface area contributed by atoms with Crippen molar-refractivity contribution in [1.82, 2.24) is 5.32 Å². The van der Waals surface area contributed by atoms with Gasteiger partial charge in [0.25, 0.3) is 0 Å². The van der Waals surface area contributed by atoms with E-state index in [1.165, 1.54) is 6.92 Å². The molecule has 1 aromatic carbocycles. The molecule has 0 fully saturated rings. The quantitative estimate of drug-likeness (QED) is 0.745. The highest BCUT2D eigenvalue weighted by molar-refractivity contribution is 5.89. The topological polar surface area (TPSA) is 41.1 Å². The molecule has 3 nitrogen and oxygen atoms in total. The molecule has 1 aromatic rings. The van der Waals surface area contributed by atoms with Crippen molar-refractivity contribution in [3.05, 3.63) is 42.0 Å². The van der Waals surface area contributed by atoms with E-state index in [0.717, 1.165) is 29.9 Å². The van der Waals surface area contributed by atoms with Gasteiger partial charge < -0.3 is 10.6 Å². The van der Waals surface area contributed by atoms with E-state index in [1.54, 1.807) is 0 Å². The molecule has 0 aliphatic carbocycles. The maximum absolute atomic E-state index is 11.0. The van der Waals surface area contributed by atoms with Crippen LogP contribution in [-0.2, 0) is 11.3 Å². The van der Waals surface area contributed by atoms with E-state index in [-0.39, 0.29) is 5.91 Å². The highest BCUT2D eigenvalue weighted by Crippen LogP contribution is 2.14. The van der Waals surface area contributed by atoms with Gasteiger partial charge in [-0.3, -0.25) is 4.79 Å². The maximum Gasteiger partial charge on any atom is 0.221 e. The van der Waals surface area contributed by atoms with E-state index >= 15 is 0 Å². The molecule has 0 saturated carbocycles. The third-order valence-electron chi connectivity index (χ3n) is 2.07. The number of para-hydroxylation sites is 1. The molecule has 0 atom stereocenters. The molecule has 0 aromatic heterocycles. The molecule has 3 heteroatoms. The molecule has 0 bridgehead atoms. The second kappa shape index (κ2) is 6.08. The van der Waals surface area contributed by atoms with Crippen LogP contribution in [0, 0.1) is 0 Å². The Morgan fingerprint density at radius 1 is 1.31 bits per heavy atom. The molecule has 0 radical (unpaired) electrons. The predicted octanol–water partition coefficient (Wildman–Crippen LogP) is 2.31. The van der Waals surface area contributed by atoms with Gasteiger partial charge in [0, 0.05) is 25.7 Å². The van der Waals surface area contributed by atoms with Gasteiger partial charge >= 0.3 is 0 Å². The molecule has 2 N–H and O–H groups in total. The van der Waals surface area contributed by atoms with Crippen molar-refractivity contribution in [3.8, 4) is 0 Å². The zero-order valence-corrected chi connectivity index (χ0v) is 9.84. The van der Waals surface area contributed by atoms with Crippen molar-refractivity contribution in [1.29, 1.82) is 0 Å². The summed E-state index contributed by atoms with van der Waals surface area (Å²) in [5, 5.41) is 6.07. The minimum atomic E-state index is -0.0487. The molecule has 1 amide bonds. The molecule has 0 aliphatic rings. The number of hydrogen-bond donors (Lipinski definition) is 2. The number of carbonyl (C=O) groups excluding carboxylic acids is 1. The standard InChI is InChI=1S/C13H18N2O/c1-10(2)8-14-9-12-6-4-5-7-13(12)15-11(3)16/h4-7,14H,1,8-9H2,2-3H3,(H,15,16). The molecule has 0 aliphatic heterocycles. The lowest BCUT2D eigenvalue weighted by molar-refractivity contribution is -0.114. The fourth-order valence-electron chi connectivity index (χ4n) is 1.40. The zero-order valence-electron chi connectivity index (χ0n) is 9.84. The lowest BCUT2D eigenvalue weighted by Gasteiger charge is -2.10. The molecule has 0 saturated heterocycles. The summed E-state index contributed by atoms with van der Waals surface area (Å²) in [6.45, 7) is 8.83. The Kier molecular flexibility index (Phi) is 4.73. The minimum absolute atomic E-state index is 0.0487. The first-order valence-electron chi connectivity index (χ1n) is 5.30. The van der Waals surface area contributed by atoms with Crippen molar-refractivity contribution < 1.29 is 4.79 Å². The highest BCUT2D eigenvalue weighted by Gasteiger charge is 2.02. The van der Waals surface area contributed by atoms with Crippen LogP contribution in [0.3, 0.4) is 0 Å². The van der Waals surface area contributed by atoms with Crippen LogP contribution < -0.4 is 10.6 Å². The summed E-state index contributed by atoms with van der Waals surface area (Å²) >= 11 is 0. The van der Waals surface area contributed by atoms with Gasteiger partial charge in [-0.05, 0) is 18.6 Å². The van der Waals surface area contributed by atoms with Crippen LogP contribution >= 0.6 is 0 Å². The number of carbonyl (C=O) groups is 1. The SMILES string of the molecule is C=C(C)CNCc1ccccc1NC(C)=O. The molecule has 0 unspecified atom stereocenters. The van der Waals surface area contributed by atoms with Gasteiger partial charge in [-0.25, -0.2) is 0 Å². The van der Waals surface area contributed by atoms with E-state index in [1.807, 2.05) is 31.2 Å². The van der Waals surface area contributed by atoms with Crippen LogP contribution in [0.2, 0.25) is 0 Å². The molecular formula is C13H18N2O. The summed E-state index contributed by atoms with van der Waals surface area (Å²) in [5.74, 6) is -0.0487. The van der Waals surface area contributed by atoms with Crippen molar-refractivity contribution >= 4 is 11.6 Å². The van der Waals surface area contributed by atoms with Crippen LogP contribution in [0.1, 0.15) is 19.4 Å². The van der Waals surface area contributed by atoms with Crippen LogP contribution in [0.4, 0.5) is 5.69 Å². The van der Waals surface area contributed by atoms with Gasteiger partial charge in [0.15, 0.2) is 0 Å². The number of benzene rings is 1. The smallest absolute Gasteiger partial charge is 0.221 e. The Morgan fingerprint density at radius 2 is 2.00 bits per heavy atom. The Bertz CT molecular complexity index is 385. The summed E-state index contributed by atoms with van der Waals surface area (Å²) < 4.78 is 0. The predicted molar refractivity (Wildman–Crippen MR) is 67.3 cm³/mol. The van der Waals surface area contributed by atoms with Crippen LogP contribution in [0.25, 0.3) is 0 Å². The molecule has 86 valence electrons.